The molecule has 47 heavy (non-hydrogen) atoms. The smallest absolute Gasteiger partial charge is 0.414 e. The third kappa shape index (κ3) is 7.53. The number of nitrogens with one attached hydrogen (secondary N) is 2. The third-order valence-corrected chi connectivity index (χ3v) is 7.72. The van der Waals surface area contributed by atoms with Crippen LogP contribution in [-0.4, -0.2) is 52.1 Å². The van der Waals surface area contributed by atoms with Crippen LogP contribution in [0.3, 0.4) is 0 Å². The molecule has 1 aliphatic carbocycles. The van der Waals surface area contributed by atoms with E-state index in [4.69, 9.17) is 19.5 Å². The third-order valence-electron chi connectivity index (χ3n) is 7.72. The number of carbonyl (C=O) groups is 3. The first-order valence-electron chi connectivity index (χ1n) is 15.5. The number of aryl methyl sites for hydroxylation is 1. The summed E-state index contributed by atoms with van der Waals surface area (Å²) in [6, 6.07) is 5.25. The van der Waals surface area contributed by atoms with Gasteiger partial charge in [-0.05, 0) is 84.4 Å². The lowest BCUT2D eigenvalue weighted by Crippen LogP contribution is -2.40. The second-order valence-corrected chi connectivity index (χ2v) is 13.8. The fourth-order valence-corrected chi connectivity index (χ4v) is 5.59. The van der Waals surface area contributed by atoms with Crippen molar-refractivity contribution in [1.82, 2.24) is 9.97 Å². The van der Waals surface area contributed by atoms with Crippen molar-refractivity contribution in [3.63, 3.8) is 0 Å². The van der Waals surface area contributed by atoms with Gasteiger partial charge in [0.25, 0.3) is 0 Å². The fourth-order valence-electron chi connectivity index (χ4n) is 5.59. The molecule has 1 aromatic carbocycles. The predicted octanol–water partition coefficient (Wildman–Crippen LogP) is 7.63. The van der Waals surface area contributed by atoms with Crippen molar-refractivity contribution < 1.29 is 33.0 Å². The number of benzene rings is 1. The first-order valence-corrected chi connectivity index (χ1v) is 15.5. The summed E-state index contributed by atoms with van der Waals surface area (Å²) in [6.45, 7) is 12.6. The van der Waals surface area contributed by atoms with Crippen LogP contribution in [0.15, 0.2) is 24.5 Å². The number of ether oxygens (including phenoxy) is 3. The van der Waals surface area contributed by atoms with E-state index in [1.54, 1.807) is 60.7 Å². The molecule has 0 unspecified atom stereocenters. The molecule has 0 radical (unpaired) electrons. The van der Waals surface area contributed by atoms with E-state index < -0.39 is 35.3 Å². The Labute approximate surface area is 272 Å². The first kappa shape index (κ1) is 33.4. The number of pyridine rings is 2. The van der Waals surface area contributed by atoms with Gasteiger partial charge in [-0.1, -0.05) is 0 Å². The number of aromatic nitrogens is 2. The van der Waals surface area contributed by atoms with Crippen LogP contribution in [0.2, 0.25) is 0 Å². The molecule has 1 saturated carbocycles. The quantitative estimate of drug-likeness (QED) is 0.272. The number of hydrogen-bond donors (Lipinski definition) is 2. The van der Waals surface area contributed by atoms with Gasteiger partial charge in [-0.3, -0.25) is 20.5 Å². The molecular weight excluding hydrogens is 607 g/mol. The number of carbonyl (C=O) groups excluding carboxylic acids is 3. The van der Waals surface area contributed by atoms with Gasteiger partial charge in [0.2, 0.25) is 0 Å². The molecule has 13 heteroatoms. The molecule has 3 amide bonds. The van der Waals surface area contributed by atoms with Crippen LogP contribution in [0.25, 0.3) is 21.9 Å². The van der Waals surface area contributed by atoms with E-state index in [0.717, 1.165) is 0 Å². The van der Waals surface area contributed by atoms with E-state index in [0.29, 0.717) is 60.1 Å². The average molecular weight is 647 g/mol. The largest absolute Gasteiger partial charge is 0.446 e. The van der Waals surface area contributed by atoms with Gasteiger partial charge in [0.05, 0.1) is 29.1 Å². The van der Waals surface area contributed by atoms with Crippen LogP contribution in [0.1, 0.15) is 72.1 Å². The summed E-state index contributed by atoms with van der Waals surface area (Å²) >= 11 is 0. The minimum Gasteiger partial charge on any atom is -0.446 e. The van der Waals surface area contributed by atoms with Crippen molar-refractivity contribution in [3.05, 3.63) is 41.6 Å². The minimum atomic E-state index is -0.867. The van der Waals surface area contributed by atoms with E-state index in [2.05, 4.69) is 26.7 Å². The van der Waals surface area contributed by atoms with Crippen LogP contribution >= 0.6 is 0 Å². The van der Waals surface area contributed by atoms with Gasteiger partial charge < -0.3 is 14.2 Å². The number of nitriles is 1. The second kappa shape index (κ2) is 12.7. The van der Waals surface area contributed by atoms with Gasteiger partial charge in [-0.15, -0.1) is 0 Å². The van der Waals surface area contributed by atoms with Crippen LogP contribution < -0.4 is 15.5 Å². The van der Waals surface area contributed by atoms with Gasteiger partial charge in [0.1, 0.15) is 23.1 Å². The predicted molar refractivity (Wildman–Crippen MR) is 174 cm³/mol. The average Bonchev–Trinajstić information content (AvgIpc) is 2.94. The Morgan fingerprint density at radius 3 is 2.34 bits per heavy atom. The monoisotopic (exact) mass is 646 g/mol. The van der Waals surface area contributed by atoms with E-state index in [-0.39, 0.29) is 34.5 Å². The van der Waals surface area contributed by atoms with Crippen LogP contribution in [0.5, 0.6) is 0 Å². The molecule has 5 rings (SSSR count). The highest BCUT2D eigenvalue weighted by Crippen LogP contribution is 2.41. The maximum Gasteiger partial charge on any atom is 0.414 e. The summed E-state index contributed by atoms with van der Waals surface area (Å²) in [7, 11) is 0. The Bertz CT molecular complexity index is 1790. The maximum atomic E-state index is 16.6. The molecule has 1 fully saturated rings. The lowest BCUT2D eigenvalue weighted by atomic mass is 9.84. The summed E-state index contributed by atoms with van der Waals surface area (Å²) in [4.78, 5) is 49.1. The molecule has 0 saturated heterocycles. The standard InChI is InChI=1S/C34H39FN6O6/c1-18-23(16-37-25-9-8-10-41(29(18)25)32(44)47-34(5,6)7)22-13-20-14-26(39-30(42)45-21-11-19(12-21)15-36)38-17-24(20)28(27(22)35)40-31(43)46-33(2,3)4/h13-14,16-17,19,21H,8-12H2,1-7H3,(H,40,43)(H,38,39,42)/t19-,21+. The van der Waals surface area contributed by atoms with Crippen LogP contribution in [0, 0.1) is 30.0 Å². The van der Waals surface area contributed by atoms with Gasteiger partial charge in [-0.2, -0.15) is 5.26 Å². The molecule has 2 aliphatic rings. The molecule has 0 bridgehead atoms. The number of rotatable bonds is 4. The molecule has 2 N–H and O–H groups in total. The number of anilines is 3. The molecule has 3 aromatic rings. The Balaban J connectivity index is 1.57. The number of hydrogen-bond acceptors (Lipinski definition) is 9. The van der Waals surface area contributed by atoms with E-state index in [1.807, 2.05) is 0 Å². The lowest BCUT2D eigenvalue weighted by Gasteiger charge is -2.33. The highest BCUT2D eigenvalue weighted by molar-refractivity contribution is 6.04. The molecule has 1 aliphatic heterocycles. The molecule has 248 valence electrons. The molecule has 12 nitrogen and oxygen atoms in total. The van der Waals surface area contributed by atoms with Crippen molar-refractivity contribution in [1.29, 1.82) is 5.26 Å². The number of amides is 3. The zero-order valence-corrected chi connectivity index (χ0v) is 27.6. The number of halogens is 1. The zero-order valence-electron chi connectivity index (χ0n) is 27.6. The summed E-state index contributed by atoms with van der Waals surface area (Å²) in [5.41, 5.74) is 0.611. The zero-order chi connectivity index (χ0) is 34.3. The second-order valence-electron chi connectivity index (χ2n) is 13.8. The Morgan fingerprint density at radius 2 is 1.68 bits per heavy atom. The first-order chi connectivity index (χ1) is 22.0. The van der Waals surface area contributed by atoms with Crippen molar-refractivity contribution in [2.75, 3.05) is 22.1 Å². The van der Waals surface area contributed by atoms with Crippen molar-refractivity contribution in [2.24, 2.45) is 5.92 Å². The van der Waals surface area contributed by atoms with Crippen LogP contribution in [-0.2, 0) is 20.6 Å². The molecule has 0 spiro atoms. The number of fused-ring (bicyclic) bond motifs is 2. The Kier molecular flexibility index (Phi) is 8.99. The SMILES string of the molecule is Cc1c(-c2cc3cc(NC(=O)O[C@H]4C[C@@H](C#N)C4)ncc3c(NC(=O)OC(C)(C)C)c2F)cnc2c1N(C(=O)OC(C)(C)C)CCC2. The molecular formula is C34H39FN6O6. The Morgan fingerprint density at radius 1 is 0.979 bits per heavy atom. The fraction of sp³-hybridized carbons (Fsp3) is 0.471. The Hall–Kier alpha value is -4.99. The van der Waals surface area contributed by atoms with E-state index >= 15 is 4.39 Å². The molecule has 0 atom stereocenters. The van der Waals surface area contributed by atoms with Gasteiger partial charge >= 0.3 is 18.3 Å². The summed E-state index contributed by atoms with van der Waals surface area (Å²) in [5, 5.41) is 14.8. The topological polar surface area (TPSA) is 156 Å². The van der Waals surface area contributed by atoms with E-state index in [1.165, 1.54) is 17.2 Å². The lowest BCUT2D eigenvalue weighted by molar-refractivity contribution is 0.0417. The highest BCUT2D eigenvalue weighted by Gasteiger charge is 2.33. The maximum absolute atomic E-state index is 16.6. The number of nitrogens with zero attached hydrogens (tertiary/aromatic N) is 4. The van der Waals surface area contributed by atoms with Crippen molar-refractivity contribution >= 4 is 46.2 Å². The van der Waals surface area contributed by atoms with Crippen molar-refractivity contribution in [2.45, 2.75) is 91.5 Å². The van der Waals surface area contributed by atoms with Gasteiger partial charge in [0, 0.05) is 48.3 Å². The van der Waals surface area contributed by atoms with Gasteiger partial charge in [-0.25, -0.2) is 23.8 Å². The molecule has 3 heterocycles. The van der Waals surface area contributed by atoms with Crippen LogP contribution in [0.4, 0.5) is 36.0 Å². The van der Waals surface area contributed by atoms with Gasteiger partial charge in [0.15, 0.2) is 5.82 Å². The normalized spacial score (nSPS) is 17.6. The summed E-state index contributed by atoms with van der Waals surface area (Å²) in [6.07, 6.45) is 2.68. The van der Waals surface area contributed by atoms with E-state index in [9.17, 15) is 14.4 Å². The molecule has 2 aromatic heterocycles. The minimum absolute atomic E-state index is 0.0998. The summed E-state index contributed by atoms with van der Waals surface area (Å²) in [5.74, 6) is -0.754. The van der Waals surface area contributed by atoms with Crippen molar-refractivity contribution in [3.8, 4) is 17.2 Å². The highest BCUT2D eigenvalue weighted by atomic mass is 19.1. The summed E-state index contributed by atoms with van der Waals surface area (Å²) < 4.78 is 33.0.